The molecule has 0 spiro atoms. The van der Waals surface area contributed by atoms with Crippen LogP contribution in [0.1, 0.15) is 53.5 Å². The van der Waals surface area contributed by atoms with Gasteiger partial charge in [-0.25, -0.2) is 14.4 Å². The average molecular weight is 445 g/mol. The number of hydrogen-bond acceptors (Lipinski definition) is 4. The van der Waals surface area contributed by atoms with E-state index in [0.29, 0.717) is 25.2 Å². The zero-order chi connectivity index (χ0) is 22.8. The van der Waals surface area contributed by atoms with Crippen LogP contribution in [0.15, 0.2) is 54.6 Å². The first-order chi connectivity index (χ1) is 16.1. The van der Waals surface area contributed by atoms with Crippen LogP contribution in [0, 0.1) is 12.7 Å². The summed E-state index contributed by atoms with van der Waals surface area (Å²) in [6, 6.07) is 17.1. The lowest BCUT2D eigenvalue weighted by Crippen LogP contribution is -2.37. The van der Waals surface area contributed by atoms with Crippen LogP contribution in [0.5, 0.6) is 0 Å². The highest BCUT2D eigenvalue weighted by Gasteiger charge is 2.33. The van der Waals surface area contributed by atoms with E-state index in [-0.39, 0.29) is 17.8 Å². The van der Waals surface area contributed by atoms with Crippen molar-refractivity contribution < 1.29 is 9.18 Å². The minimum absolute atomic E-state index is 0.0307. The molecule has 6 heteroatoms. The second-order valence-corrected chi connectivity index (χ2v) is 9.01. The fourth-order valence-corrected chi connectivity index (χ4v) is 5.04. The number of halogens is 1. The maximum atomic E-state index is 13.8. The van der Waals surface area contributed by atoms with E-state index in [9.17, 15) is 9.18 Å². The summed E-state index contributed by atoms with van der Waals surface area (Å²) in [4.78, 5) is 26.9. The second kappa shape index (κ2) is 9.40. The predicted octanol–water partition coefficient (Wildman–Crippen LogP) is 4.78. The van der Waals surface area contributed by atoms with Crippen LogP contribution in [0.2, 0.25) is 0 Å². The molecule has 2 aliphatic heterocycles. The molecule has 2 aliphatic rings. The minimum atomic E-state index is -0.295. The Bertz CT molecular complexity index is 1150. The summed E-state index contributed by atoms with van der Waals surface area (Å²) in [6.07, 6.45) is 4.21. The first-order valence-electron chi connectivity index (χ1n) is 11.8. The van der Waals surface area contributed by atoms with E-state index in [1.807, 2.05) is 19.1 Å². The number of amides is 1. The monoisotopic (exact) mass is 444 g/mol. The molecule has 1 atom stereocenters. The number of fused-ring (bicyclic) bond motifs is 1. The molecule has 5 nitrogen and oxygen atoms in total. The molecule has 3 heterocycles. The van der Waals surface area contributed by atoms with E-state index in [4.69, 9.17) is 9.97 Å². The number of rotatable bonds is 6. The van der Waals surface area contributed by atoms with Gasteiger partial charge in [0, 0.05) is 24.2 Å². The van der Waals surface area contributed by atoms with Crippen molar-refractivity contribution in [1.29, 1.82) is 0 Å². The van der Waals surface area contributed by atoms with Crippen molar-refractivity contribution >= 4 is 11.7 Å². The fourth-order valence-electron chi connectivity index (χ4n) is 5.04. The smallest absolute Gasteiger partial charge is 0.228 e. The highest BCUT2D eigenvalue weighted by Crippen LogP contribution is 2.35. The predicted molar refractivity (Wildman–Crippen MR) is 126 cm³/mol. The van der Waals surface area contributed by atoms with Crippen molar-refractivity contribution in [3.63, 3.8) is 0 Å². The molecular formula is C27H29FN4O. The summed E-state index contributed by atoms with van der Waals surface area (Å²) in [5, 5.41) is 0. The van der Waals surface area contributed by atoms with E-state index < -0.39 is 0 Å². The van der Waals surface area contributed by atoms with E-state index in [2.05, 4.69) is 29.2 Å². The van der Waals surface area contributed by atoms with E-state index in [1.54, 1.807) is 11.0 Å². The summed E-state index contributed by atoms with van der Waals surface area (Å²) in [5.74, 6) is 1.24. The molecule has 1 aromatic heterocycles. The number of aryl methyl sites for hydroxylation is 1. The number of aromatic nitrogens is 2. The molecule has 1 fully saturated rings. The van der Waals surface area contributed by atoms with Crippen LogP contribution < -0.4 is 4.90 Å². The maximum Gasteiger partial charge on any atom is 0.228 e. The van der Waals surface area contributed by atoms with Crippen molar-refractivity contribution in [3.8, 4) is 0 Å². The van der Waals surface area contributed by atoms with Gasteiger partial charge in [0.15, 0.2) is 0 Å². The third-order valence-electron chi connectivity index (χ3n) is 6.78. The number of likely N-dealkylation sites (tertiary alicyclic amines) is 1. The molecule has 0 saturated carbocycles. The summed E-state index contributed by atoms with van der Waals surface area (Å²) in [6.45, 7) is 4.33. The lowest BCUT2D eigenvalue weighted by atomic mass is 10.0. The summed E-state index contributed by atoms with van der Waals surface area (Å²) >= 11 is 0. The van der Waals surface area contributed by atoms with Gasteiger partial charge in [-0.2, -0.15) is 0 Å². The van der Waals surface area contributed by atoms with Gasteiger partial charge in [-0.15, -0.1) is 0 Å². The highest BCUT2D eigenvalue weighted by molar-refractivity contribution is 5.95. The number of carbonyl (C=O) groups excluding carboxylic acids is 1. The Morgan fingerprint density at radius 3 is 2.67 bits per heavy atom. The van der Waals surface area contributed by atoms with Gasteiger partial charge in [0.2, 0.25) is 5.91 Å². The van der Waals surface area contributed by atoms with Gasteiger partial charge >= 0.3 is 0 Å². The molecule has 0 N–H and O–H groups in total. The van der Waals surface area contributed by atoms with Crippen molar-refractivity contribution in [2.75, 3.05) is 18.0 Å². The van der Waals surface area contributed by atoms with Gasteiger partial charge in [-0.3, -0.25) is 14.6 Å². The fraction of sp³-hybridized carbons (Fsp3) is 0.370. The first-order valence-corrected chi connectivity index (χ1v) is 11.8. The maximum absolute atomic E-state index is 13.8. The van der Waals surface area contributed by atoms with Crippen molar-refractivity contribution in [3.05, 3.63) is 88.6 Å². The second-order valence-electron chi connectivity index (χ2n) is 9.01. The van der Waals surface area contributed by atoms with Crippen LogP contribution in [0.3, 0.4) is 0 Å². The van der Waals surface area contributed by atoms with E-state index in [0.717, 1.165) is 55.0 Å². The molecular weight excluding hydrogens is 415 g/mol. The molecule has 3 aromatic rings. The molecule has 1 unspecified atom stereocenters. The van der Waals surface area contributed by atoms with Crippen molar-refractivity contribution in [1.82, 2.24) is 14.9 Å². The number of nitrogens with zero attached hydrogens (tertiary/aromatic N) is 4. The lowest BCUT2D eigenvalue weighted by molar-refractivity contribution is -0.119. The number of anilines is 1. The molecule has 5 rings (SSSR count). The molecule has 33 heavy (non-hydrogen) atoms. The van der Waals surface area contributed by atoms with Crippen LogP contribution in [0.25, 0.3) is 0 Å². The number of hydrogen-bond donors (Lipinski definition) is 0. The van der Waals surface area contributed by atoms with E-state index in [1.165, 1.54) is 17.7 Å². The standard InChI is InChI=1S/C27H29FN4O/c1-19-23-12-13-25(33)32(18-21-9-5-10-22(28)17-21)27(23)30-26(29-19)24-11-6-15-31(24)16-14-20-7-3-2-4-8-20/h2-5,7-10,17,24H,6,11-16,18H2,1H3. The Labute approximate surface area is 194 Å². The average Bonchev–Trinajstić information content (AvgIpc) is 3.29. The molecule has 1 amide bonds. The van der Waals surface area contributed by atoms with Gasteiger partial charge in [0.25, 0.3) is 0 Å². The Balaban J connectivity index is 1.42. The Kier molecular flexibility index (Phi) is 6.18. The SMILES string of the molecule is Cc1nc(C2CCCN2CCc2ccccc2)nc2c1CCC(=O)N2Cc1cccc(F)c1. The minimum Gasteiger partial charge on any atom is -0.293 e. The van der Waals surface area contributed by atoms with Gasteiger partial charge < -0.3 is 0 Å². The molecule has 0 aliphatic carbocycles. The van der Waals surface area contributed by atoms with Crippen molar-refractivity contribution in [2.45, 2.75) is 51.6 Å². The highest BCUT2D eigenvalue weighted by atomic mass is 19.1. The van der Waals surface area contributed by atoms with Crippen LogP contribution in [-0.2, 0) is 24.2 Å². The van der Waals surface area contributed by atoms with Gasteiger partial charge in [-0.05, 0) is 62.4 Å². The molecule has 170 valence electrons. The Morgan fingerprint density at radius 1 is 1.03 bits per heavy atom. The molecule has 0 bridgehead atoms. The summed E-state index contributed by atoms with van der Waals surface area (Å²) in [7, 11) is 0. The molecule has 0 radical (unpaired) electrons. The van der Waals surface area contributed by atoms with Gasteiger partial charge in [-0.1, -0.05) is 42.5 Å². The topological polar surface area (TPSA) is 49.3 Å². The van der Waals surface area contributed by atoms with Crippen LogP contribution >= 0.6 is 0 Å². The summed E-state index contributed by atoms with van der Waals surface area (Å²) in [5.41, 5.74) is 4.07. The van der Waals surface area contributed by atoms with Crippen LogP contribution in [0.4, 0.5) is 10.2 Å². The largest absolute Gasteiger partial charge is 0.293 e. The number of carbonyl (C=O) groups is 1. The summed E-state index contributed by atoms with van der Waals surface area (Å²) < 4.78 is 13.8. The molecule has 1 saturated heterocycles. The third-order valence-corrected chi connectivity index (χ3v) is 6.78. The zero-order valence-electron chi connectivity index (χ0n) is 19.0. The molecule has 2 aromatic carbocycles. The zero-order valence-corrected chi connectivity index (χ0v) is 19.0. The van der Waals surface area contributed by atoms with Gasteiger partial charge in [0.05, 0.1) is 12.6 Å². The third kappa shape index (κ3) is 4.67. The lowest BCUT2D eigenvalue weighted by Gasteiger charge is -2.31. The van der Waals surface area contributed by atoms with Gasteiger partial charge in [0.1, 0.15) is 17.5 Å². The normalized spacial score (nSPS) is 18.5. The Hall–Kier alpha value is -3.12. The number of benzene rings is 2. The quantitative estimate of drug-likeness (QED) is 0.549. The van der Waals surface area contributed by atoms with E-state index >= 15 is 0 Å². The first kappa shape index (κ1) is 21.7. The van der Waals surface area contributed by atoms with Crippen molar-refractivity contribution in [2.24, 2.45) is 0 Å². The van der Waals surface area contributed by atoms with Crippen LogP contribution in [-0.4, -0.2) is 33.9 Å². The Morgan fingerprint density at radius 2 is 1.85 bits per heavy atom.